The van der Waals surface area contributed by atoms with E-state index >= 15 is 0 Å². The number of H-pyrrole nitrogens is 1. The van der Waals surface area contributed by atoms with Crippen molar-refractivity contribution in [3.63, 3.8) is 0 Å². The average molecular weight is 366 g/mol. The molecule has 118 valence electrons. The number of carbonyl (C=O) groups is 1. The Morgan fingerprint density at radius 3 is 2.48 bits per heavy atom. The van der Waals surface area contributed by atoms with E-state index in [1.54, 1.807) is 0 Å². The molecule has 0 bridgehead atoms. The minimum Gasteiger partial charge on any atom is -0.809 e. The zero-order chi connectivity index (χ0) is 16.2. The molecule has 0 saturated heterocycles. The molecule has 0 aliphatic carbocycles. The molecular formula is C10H13N2Na2O8P. The van der Waals surface area contributed by atoms with Gasteiger partial charge in [-0.2, -0.15) is 0 Å². The molecule has 0 radical (unpaired) electrons. The van der Waals surface area contributed by atoms with Gasteiger partial charge in [-0.05, 0) is 14.5 Å². The van der Waals surface area contributed by atoms with Gasteiger partial charge >= 0.3 is 64.8 Å². The molecular weight excluding hydrogens is 353 g/mol. The SMILES string of the molecule is Cc1cn(C(=O)C[C@H](CO)OCP(=O)([O-])[O-])c(=O)[nH]c1=O.[Na+].[Na+]. The molecule has 1 aromatic rings. The van der Waals surface area contributed by atoms with E-state index in [0.29, 0.717) is 4.57 Å². The van der Waals surface area contributed by atoms with Crippen molar-refractivity contribution >= 4 is 13.5 Å². The van der Waals surface area contributed by atoms with Crippen LogP contribution in [0, 0.1) is 6.92 Å². The number of nitrogens with zero attached hydrogens (tertiary/aromatic N) is 1. The molecule has 0 aliphatic rings. The Labute approximate surface area is 175 Å². The monoisotopic (exact) mass is 366 g/mol. The minimum absolute atomic E-state index is 0. The van der Waals surface area contributed by atoms with Crippen molar-refractivity contribution in [1.82, 2.24) is 9.55 Å². The number of carbonyl (C=O) groups excluding carboxylic acids is 1. The number of aryl methyl sites for hydroxylation is 1. The first-order valence-electron chi connectivity index (χ1n) is 5.73. The van der Waals surface area contributed by atoms with E-state index in [1.807, 2.05) is 4.98 Å². The molecule has 0 unspecified atom stereocenters. The van der Waals surface area contributed by atoms with Gasteiger partial charge in [0.05, 0.1) is 25.5 Å². The second-order valence-corrected chi connectivity index (χ2v) is 5.73. The van der Waals surface area contributed by atoms with Crippen molar-refractivity contribution in [3.8, 4) is 0 Å². The topological polar surface area (TPSA) is 165 Å². The summed E-state index contributed by atoms with van der Waals surface area (Å²) in [6.07, 6.45) is -1.95. The zero-order valence-electron chi connectivity index (χ0n) is 13.0. The van der Waals surface area contributed by atoms with Crippen molar-refractivity contribution in [2.24, 2.45) is 0 Å². The molecule has 1 aromatic heterocycles. The van der Waals surface area contributed by atoms with E-state index in [9.17, 15) is 28.7 Å². The van der Waals surface area contributed by atoms with Crippen LogP contribution in [0.15, 0.2) is 15.8 Å². The summed E-state index contributed by atoms with van der Waals surface area (Å²) in [7, 11) is -4.93. The number of aliphatic hydroxyl groups is 1. The number of aliphatic hydroxyl groups excluding tert-OH is 1. The summed E-state index contributed by atoms with van der Waals surface area (Å²) in [5.41, 5.74) is -1.49. The van der Waals surface area contributed by atoms with Crippen LogP contribution >= 0.6 is 7.60 Å². The maximum absolute atomic E-state index is 11.8. The van der Waals surface area contributed by atoms with E-state index in [1.165, 1.54) is 6.92 Å². The third-order valence-electron chi connectivity index (χ3n) is 2.46. The fourth-order valence-corrected chi connectivity index (χ4v) is 1.81. The van der Waals surface area contributed by atoms with Gasteiger partial charge in [-0.25, -0.2) is 9.36 Å². The number of hydrogen-bond donors (Lipinski definition) is 2. The van der Waals surface area contributed by atoms with Crippen molar-refractivity contribution in [1.29, 1.82) is 0 Å². The molecule has 1 rings (SSSR count). The summed E-state index contributed by atoms with van der Waals surface area (Å²) >= 11 is 0. The standard InChI is InChI=1S/C10H15N2O8P.2Na/c1-6-3-12(10(16)11-9(6)15)8(14)2-7(4-13)20-5-21(17,18)19;;/h3,7,13H,2,4-5H2,1H3,(H,11,15,16)(H2,17,18,19);;/q;2*+1/p-2/t7-;;/m1../s1. The predicted molar refractivity (Wildman–Crippen MR) is 65.7 cm³/mol. The first kappa shape index (κ1) is 25.7. The molecule has 0 aromatic carbocycles. The molecule has 1 heterocycles. The van der Waals surface area contributed by atoms with E-state index in [-0.39, 0.29) is 64.7 Å². The first-order valence-corrected chi connectivity index (χ1v) is 7.46. The number of hydrogen-bond acceptors (Lipinski definition) is 8. The molecule has 10 nitrogen and oxygen atoms in total. The van der Waals surface area contributed by atoms with Crippen molar-refractivity contribution in [2.45, 2.75) is 19.4 Å². The third-order valence-corrected chi connectivity index (χ3v) is 2.93. The molecule has 2 N–H and O–H groups in total. The third kappa shape index (κ3) is 8.89. The summed E-state index contributed by atoms with van der Waals surface area (Å²) in [6.45, 7) is 0.663. The summed E-state index contributed by atoms with van der Waals surface area (Å²) in [5.74, 6) is -0.829. The second kappa shape index (κ2) is 11.1. The minimum atomic E-state index is -4.93. The molecule has 0 spiro atoms. The van der Waals surface area contributed by atoms with Crippen LogP contribution in [0.1, 0.15) is 16.8 Å². The Hall–Kier alpha value is 0.420. The van der Waals surface area contributed by atoms with Gasteiger partial charge in [0.2, 0.25) is 5.91 Å². The number of ether oxygens (including phenoxy) is 1. The maximum Gasteiger partial charge on any atom is 1.00 e. The zero-order valence-corrected chi connectivity index (χ0v) is 17.9. The Morgan fingerprint density at radius 2 is 2.00 bits per heavy atom. The Balaban J connectivity index is 0. The number of rotatable bonds is 6. The summed E-state index contributed by atoms with van der Waals surface area (Å²) < 4.78 is 15.6. The fourth-order valence-electron chi connectivity index (χ4n) is 1.42. The van der Waals surface area contributed by atoms with Gasteiger partial charge in [0.15, 0.2) is 0 Å². The molecule has 0 fully saturated rings. The van der Waals surface area contributed by atoms with Gasteiger partial charge in [-0.1, -0.05) is 0 Å². The van der Waals surface area contributed by atoms with Crippen LogP contribution in [0.2, 0.25) is 0 Å². The van der Waals surface area contributed by atoms with Crippen LogP contribution in [0.3, 0.4) is 0 Å². The van der Waals surface area contributed by atoms with Gasteiger partial charge in [0.1, 0.15) is 0 Å². The van der Waals surface area contributed by atoms with Gasteiger partial charge in [-0.3, -0.25) is 14.6 Å². The summed E-state index contributed by atoms with van der Waals surface area (Å²) in [6, 6.07) is 0. The van der Waals surface area contributed by atoms with Gasteiger partial charge in [0, 0.05) is 11.8 Å². The van der Waals surface area contributed by atoms with Crippen LogP contribution in [0.4, 0.5) is 0 Å². The van der Waals surface area contributed by atoms with Crippen LogP contribution in [0.25, 0.3) is 0 Å². The Kier molecular flexibility index (Phi) is 12.4. The normalized spacial score (nSPS) is 12.0. The molecule has 13 heteroatoms. The van der Waals surface area contributed by atoms with E-state index < -0.39 is 50.2 Å². The molecule has 23 heavy (non-hydrogen) atoms. The van der Waals surface area contributed by atoms with Crippen molar-refractivity contribution in [3.05, 3.63) is 32.6 Å². The molecule has 0 saturated carbocycles. The smallest absolute Gasteiger partial charge is 0.809 e. The van der Waals surface area contributed by atoms with Gasteiger partial charge < -0.3 is 24.2 Å². The van der Waals surface area contributed by atoms with E-state index in [0.717, 1.165) is 6.20 Å². The summed E-state index contributed by atoms with van der Waals surface area (Å²) in [4.78, 5) is 57.2. The van der Waals surface area contributed by atoms with Crippen LogP contribution in [0.5, 0.6) is 0 Å². The van der Waals surface area contributed by atoms with Gasteiger partial charge in [0.25, 0.3) is 5.56 Å². The molecule has 1 atom stereocenters. The first-order chi connectivity index (χ1) is 9.64. The average Bonchev–Trinajstić information content (AvgIpc) is 2.37. The Morgan fingerprint density at radius 1 is 1.43 bits per heavy atom. The van der Waals surface area contributed by atoms with Crippen LogP contribution in [-0.2, 0) is 9.30 Å². The van der Waals surface area contributed by atoms with E-state index in [4.69, 9.17) is 5.11 Å². The molecule has 0 aliphatic heterocycles. The number of nitrogens with one attached hydrogen (secondary N) is 1. The van der Waals surface area contributed by atoms with Crippen LogP contribution < -0.4 is 80.2 Å². The van der Waals surface area contributed by atoms with Crippen molar-refractivity contribution in [2.75, 3.05) is 13.0 Å². The predicted octanol–water partition coefficient (Wildman–Crippen LogP) is -8.87. The van der Waals surface area contributed by atoms with E-state index in [2.05, 4.69) is 4.74 Å². The number of aromatic amines is 1. The fraction of sp³-hybridized carbons (Fsp3) is 0.500. The maximum atomic E-state index is 11.8. The van der Waals surface area contributed by atoms with Crippen LogP contribution in [-0.4, -0.2) is 39.6 Å². The quantitative estimate of drug-likeness (QED) is 0.370. The second-order valence-electron chi connectivity index (χ2n) is 4.25. The largest absolute Gasteiger partial charge is 1.00 e. The Bertz CT molecular complexity index is 682. The van der Waals surface area contributed by atoms with Gasteiger partial charge in [-0.15, -0.1) is 0 Å². The number of aromatic nitrogens is 2. The molecule has 0 amide bonds. The summed E-state index contributed by atoms with van der Waals surface area (Å²) in [5, 5.41) is 8.97. The van der Waals surface area contributed by atoms with Crippen molar-refractivity contribution < 1.29 is 88.1 Å².